The number of carboxylic acid groups (broad SMARTS) is 1. The van der Waals surface area contributed by atoms with Crippen LogP contribution in [0.25, 0.3) is 5.65 Å². The van der Waals surface area contributed by atoms with Gasteiger partial charge in [0.05, 0.1) is 16.6 Å². The summed E-state index contributed by atoms with van der Waals surface area (Å²) in [6, 6.07) is 6.39. The van der Waals surface area contributed by atoms with Gasteiger partial charge in [0.2, 0.25) is 0 Å². The zero-order valence-electron chi connectivity index (χ0n) is 18.9. The molecule has 0 saturated heterocycles. The lowest BCUT2D eigenvalue weighted by Gasteiger charge is -2.48. The number of imidazole rings is 1. The Morgan fingerprint density at radius 2 is 1.91 bits per heavy atom. The van der Waals surface area contributed by atoms with Gasteiger partial charge in [0.1, 0.15) is 17.5 Å². The van der Waals surface area contributed by atoms with Crippen LogP contribution in [0.3, 0.4) is 0 Å². The van der Waals surface area contributed by atoms with Crippen molar-refractivity contribution < 1.29 is 27.8 Å². The third kappa shape index (κ3) is 4.53. The van der Waals surface area contributed by atoms with Crippen molar-refractivity contribution in [1.82, 2.24) is 14.3 Å². The third-order valence-electron chi connectivity index (χ3n) is 6.09. The highest BCUT2D eigenvalue weighted by Crippen LogP contribution is 2.45. The minimum atomic E-state index is -4.59. The molecule has 0 aliphatic heterocycles. The molecule has 34 heavy (non-hydrogen) atoms. The Balaban J connectivity index is 1.58. The van der Waals surface area contributed by atoms with Gasteiger partial charge in [-0.1, -0.05) is 44.5 Å². The first kappa shape index (κ1) is 24.2. The molecule has 1 saturated carbocycles. The molecule has 1 aliphatic carbocycles. The van der Waals surface area contributed by atoms with Crippen molar-refractivity contribution in [3.8, 4) is 5.75 Å². The van der Waals surface area contributed by atoms with E-state index < -0.39 is 40.4 Å². The number of hydrogen-bond acceptors (Lipinski definition) is 3. The lowest BCUT2D eigenvalue weighted by Crippen LogP contribution is -2.54. The van der Waals surface area contributed by atoms with Crippen LogP contribution in [0.4, 0.5) is 18.0 Å². The highest BCUT2D eigenvalue weighted by molar-refractivity contribution is 6.32. The lowest BCUT2D eigenvalue weighted by molar-refractivity contribution is -0.137. The number of ether oxygens (including phenoxy) is 1. The number of carbonyl (C=O) groups is 1. The highest BCUT2D eigenvalue weighted by Gasteiger charge is 2.46. The molecule has 3 aromatic rings. The van der Waals surface area contributed by atoms with E-state index in [0.29, 0.717) is 18.5 Å². The standard InChI is InChI=1S/C24H25ClF3N3O3/c1-23(2,3)20(16-6-5-10-30-11-9-29-21(16)30)31(22(32)33)14-12-15(13-14)34-18-8-4-7-17(19(18)25)24(26,27)28/h4-11,14-15,20H,12-13H2,1-3H3,(H,32,33)/t14-,15+,20?. The Morgan fingerprint density at radius 1 is 1.21 bits per heavy atom. The van der Waals surface area contributed by atoms with Gasteiger partial charge in [0.25, 0.3) is 0 Å². The summed E-state index contributed by atoms with van der Waals surface area (Å²) in [6.07, 6.45) is -0.128. The van der Waals surface area contributed by atoms with Crippen molar-refractivity contribution >= 4 is 23.3 Å². The van der Waals surface area contributed by atoms with Crippen LogP contribution in [0.5, 0.6) is 5.75 Å². The molecule has 0 bridgehead atoms. The monoisotopic (exact) mass is 495 g/mol. The summed E-state index contributed by atoms with van der Waals surface area (Å²) in [7, 11) is 0. The van der Waals surface area contributed by atoms with Crippen LogP contribution >= 0.6 is 11.6 Å². The van der Waals surface area contributed by atoms with E-state index >= 15 is 0 Å². The number of amides is 1. The van der Waals surface area contributed by atoms with Crippen molar-refractivity contribution in [2.24, 2.45) is 5.41 Å². The molecule has 1 aromatic carbocycles. The second-order valence-electron chi connectivity index (χ2n) is 9.56. The van der Waals surface area contributed by atoms with E-state index in [9.17, 15) is 23.1 Å². The Bertz CT molecular complexity index is 1200. The van der Waals surface area contributed by atoms with Crippen molar-refractivity contribution in [1.29, 1.82) is 0 Å². The van der Waals surface area contributed by atoms with Crippen LogP contribution < -0.4 is 4.74 Å². The predicted octanol–water partition coefficient (Wildman–Crippen LogP) is 6.68. The number of rotatable bonds is 5. The number of halogens is 4. The fourth-order valence-corrected chi connectivity index (χ4v) is 4.83. The topological polar surface area (TPSA) is 67.1 Å². The lowest BCUT2D eigenvalue weighted by atomic mass is 9.78. The summed E-state index contributed by atoms with van der Waals surface area (Å²) < 4.78 is 47.0. The number of aromatic nitrogens is 2. The zero-order valence-corrected chi connectivity index (χ0v) is 19.6. The maximum Gasteiger partial charge on any atom is 0.417 e. The number of pyridine rings is 1. The predicted molar refractivity (Wildman–Crippen MR) is 121 cm³/mol. The van der Waals surface area contributed by atoms with E-state index in [0.717, 1.165) is 11.6 Å². The Labute approximate surface area is 199 Å². The summed E-state index contributed by atoms with van der Waals surface area (Å²) in [5.41, 5.74) is 0.0437. The summed E-state index contributed by atoms with van der Waals surface area (Å²) in [6.45, 7) is 5.90. The second-order valence-corrected chi connectivity index (χ2v) is 9.94. The molecular formula is C24H25ClF3N3O3. The number of benzene rings is 1. The molecule has 10 heteroatoms. The molecule has 1 N–H and O–H groups in total. The van der Waals surface area contributed by atoms with Crippen molar-refractivity contribution in [3.63, 3.8) is 0 Å². The highest BCUT2D eigenvalue weighted by atomic mass is 35.5. The largest absolute Gasteiger partial charge is 0.489 e. The normalized spacial score (nSPS) is 19.5. The average Bonchev–Trinajstić information content (AvgIpc) is 3.17. The Kier molecular flexibility index (Phi) is 6.18. The maximum absolute atomic E-state index is 13.1. The third-order valence-corrected chi connectivity index (χ3v) is 6.48. The second kappa shape index (κ2) is 8.69. The fraction of sp³-hybridized carbons (Fsp3) is 0.417. The summed E-state index contributed by atoms with van der Waals surface area (Å²) in [5.74, 6) is -0.0589. The number of hydrogen-bond donors (Lipinski definition) is 1. The molecule has 1 amide bonds. The van der Waals surface area contributed by atoms with E-state index in [4.69, 9.17) is 16.3 Å². The molecule has 0 spiro atoms. The molecule has 2 heterocycles. The minimum absolute atomic E-state index is 0.0589. The van der Waals surface area contributed by atoms with E-state index in [-0.39, 0.29) is 11.8 Å². The smallest absolute Gasteiger partial charge is 0.417 e. The van der Waals surface area contributed by atoms with Gasteiger partial charge in [-0.2, -0.15) is 13.2 Å². The quantitative estimate of drug-likeness (QED) is 0.428. The molecule has 4 rings (SSSR count). The van der Waals surface area contributed by atoms with Crippen molar-refractivity contribution in [3.05, 3.63) is 65.1 Å². The molecule has 0 radical (unpaired) electrons. The average molecular weight is 496 g/mol. The molecule has 1 fully saturated rings. The summed E-state index contributed by atoms with van der Waals surface area (Å²) in [5, 5.41) is 9.69. The van der Waals surface area contributed by atoms with Gasteiger partial charge < -0.3 is 14.2 Å². The van der Waals surface area contributed by atoms with Gasteiger partial charge in [0, 0.05) is 43.0 Å². The zero-order chi connectivity index (χ0) is 24.8. The van der Waals surface area contributed by atoms with Gasteiger partial charge in [-0.05, 0) is 23.6 Å². The van der Waals surface area contributed by atoms with Crippen LogP contribution in [0.1, 0.15) is 50.8 Å². The molecule has 182 valence electrons. The van der Waals surface area contributed by atoms with Crippen LogP contribution in [-0.2, 0) is 6.18 Å². The first-order valence-corrected chi connectivity index (χ1v) is 11.2. The van der Waals surface area contributed by atoms with E-state index in [2.05, 4.69) is 4.98 Å². The molecule has 1 aliphatic rings. The van der Waals surface area contributed by atoms with Crippen LogP contribution in [0.2, 0.25) is 5.02 Å². The summed E-state index contributed by atoms with van der Waals surface area (Å²) >= 11 is 5.94. The van der Waals surface area contributed by atoms with Gasteiger partial charge in [-0.3, -0.25) is 4.90 Å². The number of alkyl halides is 3. The first-order valence-electron chi connectivity index (χ1n) is 10.8. The van der Waals surface area contributed by atoms with Crippen LogP contribution in [0.15, 0.2) is 48.9 Å². The molecular weight excluding hydrogens is 471 g/mol. The van der Waals surface area contributed by atoms with Crippen LogP contribution in [-0.4, -0.2) is 37.6 Å². The first-order chi connectivity index (χ1) is 15.9. The molecule has 6 nitrogen and oxygen atoms in total. The van der Waals surface area contributed by atoms with E-state index in [1.807, 2.05) is 43.5 Å². The summed E-state index contributed by atoms with van der Waals surface area (Å²) in [4.78, 5) is 18.3. The van der Waals surface area contributed by atoms with Gasteiger partial charge in [-0.25, -0.2) is 9.78 Å². The molecule has 1 unspecified atom stereocenters. The molecule has 1 atom stereocenters. The van der Waals surface area contributed by atoms with E-state index in [1.165, 1.54) is 17.0 Å². The number of nitrogens with zero attached hydrogens (tertiary/aromatic N) is 3. The number of fused-ring (bicyclic) bond motifs is 1. The Morgan fingerprint density at radius 3 is 2.53 bits per heavy atom. The van der Waals surface area contributed by atoms with Gasteiger partial charge >= 0.3 is 12.3 Å². The van der Waals surface area contributed by atoms with Gasteiger partial charge in [-0.15, -0.1) is 0 Å². The van der Waals surface area contributed by atoms with Gasteiger partial charge in [0.15, 0.2) is 0 Å². The SMILES string of the molecule is CC(C)(C)C(c1cccn2ccnc12)N(C(=O)O)[C@H]1C[C@@H](Oc2cccc(C(F)(F)F)c2Cl)C1. The van der Waals surface area contributed by atoms with Crippen molar-refractivity contribution in [2.45, 2.75) is 58.0 Å². The fourth-order valence-electron chi connectivity index (χ4n) is 4.56. The Hall–Kier alpha value is -2.94. The van der Waals surface area contributed by atoms with Crippen LogP contribution in [0, 0.1) is 5.41 Å². The van der Waals surface area contributed by atoms with E-state index in [1.54, 1.807) is 12.4 Å². The molecule has 2 aromatic heterocycles. The maximum atomic E-state index is 13.1. The minimum Gasteiger partial charge on any atom is -0.489 e. The van der Waals surface area contributed by atoms with Crippen molar-refractivity contribution in [2.75, 3.05) is 0 Å².